The number of thiophene rings is 1. The first-order valence-electron chi connectivity index (χ1n) is 8.17. The van der Waals surface area contributed by atoms with Gasteiger partial charge in [-0.2, -0.15) is 0 Å². The standard InChI is InChI=1S/C19H24N2O3S/c1-13-10-14(2)12-16(11-13)24-8-7-21(4)19(23)15(3)20-18(22)17-6-5-9-25-17/h5-6,9-12,15H,7-8H2,1-4H3,(H,20,22)/t15-/m1/s1. The van der Waals surface area contributed by atoms with Gasteiger partial charge in [0.2, 0.25) is 5.91 Å². The van der Waals surface area contributed by atoms with Crippen molar-refractivity contribution < 1.29 is 14.3 Å². The molecule has 0 aliphatic rings. The van der Waals surface area contributed by atoms with Gasteiger partial charge in [0.1, 0.15) is 18.4 Å². The first-order chi connectivity index (χ1) is 11.9. The van der Waals surface area contributed by atoms with Gasteiger partial charge in [0, 0.05) is 7.05 Å². The summed E-state index contributed by atoms with van der Waals surface area (Å²) in [4.78, 5) is 26.5. The van der Waals surface area contributed by atoms with Crippen LogP contribution in [0.15, 0.2) is 35.7 Å². The summed E-state index contributed by atoms with van der Waals surface area (Å²) in [5, 5.41) is 4.56. The molecule has 6 heteroatoms. The molecule has 0 radical (unpaired) electrons. The number of ether oxygens (including phenoxy) is 1. The van der Waals surface area contributed by atoms with Gasteiger partial charge >= 0.3 is 0 Å². The lowest BCUT2D eigenvalue weighted by atomic mass is 10.1. The minimum atomic E-state index is -0.583. The van der Waals surface area contributed by atoms with E-state index in [2.05, 4.69) is 11.4 Å². The van der Waals surface area contributed by atoms with Crippen LogP contribution in [-0.2, 0) is 4.79 Å². The molecule has 25 heavy (non-hydrogen) atoms. The van der Waals surface area contributed by atoms with Gasteiger partial charge < -0.3 is 15.0 Å². The summed E-state index contributed by atoms with van der Waals surface area (Å²) in [5.41, 5.74) is 2.29. The lowest BCUT2D eigenvalue weighted by Gasteiger charge is -2.22. The molecule has 0 aliphatic heterocycles. The minimum Gasteiger partial charge on any atom is -0.492 e. The van der Waals surface area contributed by atoms with Crippen LogP contribution in [0, 0.1) is 13.8 Å². The Balaban J connectivity index is 1.80. The maximum atomic E-state index is 12.4. The maximum absolute atomic E-state index is 12.4. The molecule has 0 unspecified atom stereocenters. The van der Waals surface area contributed by atoms with Gasteiger partial charge in [0.05, 0.1) is 11.4 Å². The molecule has 0 bridgehead atoms. The number of carbonyl (C=O) groups is 2. The van der Waals surface area contributed by atoms with E-state index < -0.39 is 6.04 Å². The Morgan fingerprint density at radius 1 is 1.24 bits per heavy atom. The highest BCUT2D eigenvalue weighted by Crippen LogP contribution is 2.16. The summed E-state index contributed by atoms with van der Waals surface area (Å²) in [6, 6.07) is 8.99. The molecule has 2 amide bonds. The highest BCUT2D eigenvalue weighted by Gasteiger charge is 2.20. The Labute approximate surface area is 152 Å². The zero-order valence-corrected chi connectivity index (χ0v) is 15.9. The average molecular weight is 360 g/mol. The number of nitrogens with one attached hydrogen (secondary N) is 1. The molecule has 0 saturated heterocycles. The zero-order valence-electron chi connectivity index (χ0n) is 15.0. The molecule has 0 spiro atoms. The highest BCUT2D eigenvalue weighted by atomic mass is 32.1. The second kappa shape index (κ2) is 8.67. The molecule has 1 aromatic carbocycles. The van der Waals surface area contributed by atoms with Crippen molar-refractivity contribution in [3.8, 4) is 5.75 Å². The third-order valence-electron chi connectivity index (χ3n) is 3.73. The molecule has 1 N–H and O–H groups in total. The van der Waals surface area contributed by atoms with Gasteiger partial charge in [0.25, 0.3) is 5.91 Å². The summed E-state index contributed by atoms with van der Waals surface area (Å²) >= 11 is 1.35. The van der Waals surface area contributed by atoms with Crippen LogP contribution in [-0.4, -0.2) is 43.0 Å². The Hall–Kier alpha value is -2.34. The quantitative estimate of drug-likeness (QED) is 0.826. The first-order valence-corrected chi connectivity index (χ1v) is 9.05. The van der Waals surface area contributed by atoms with Crippen molar-refractivity contribution >= 4 is 23.2 Å². The Morgan fingerprint density at radius 3 is 2.52 bits per heavy atom. The fourth-order valence-corrected chi connectivity index (χ4v) is 3.12. The number of likely N-dealkylation sites (N-methyl/N-ethyl adjacent to an activating group) is 1. The number of rotatable bonds is 7. The van der Waals surface area contributed by atoms with Crippen LogP contribution in [0.1, 0.15) is 27.7 Å². The zero-order chi connectivity index (χ0) is 18.4. The molecule has 1 heterocycles. The normalized spacial score (nSPS) is 11.7. The summed E-state index contributed by atoms with van der Waals surface area (Å²) in [6.07, 6.45) is 0. The largest absolute Gasteiger partial charge is 0.492 e. The van der Waals surface area contributed by atoms with Gasteiger partial charge in [-0.05, 0) is 55.5 Å². The third-order valence-corrected chi connectivity index (χ3v) is 4.60. The van der Waals surface area contributed by atoms with E-state index in [-0.39, 0.29) is 11.8 Å². The van der Waals surface area contributed by atoms with E-state index in [0.29, 0.717) is 18.0 Å². The van der Waals surface area contributed by atoms with Crippen molar-refractivity contribution in [3.05, 3.63) is 51.7 Å². The fourth-order valence-electron chi connectivity index (χ4n) is 2.49. The summed E-state index contributed by atoms with van der Waals surface area (Å²) in [7, 11) is 1.71. The highest BCUT2D eigenvalue weighted by molar-refractivity contribution is 7.12. The van der Waals surface area contributed by atoms with E-state index >= 15 is 0 Å². The molecular weight excluding hydrogens is 336 g/mol. The number of benzene rings is 1. The molecule has 5 nitrogen and oxygen atoms in total. The lowest BCUT2D eigenvalue weighted by molar-refractivity contribution is -0.131. The first kappa shape index (κ1) is 19.0. The lowest BCUT2D eigenvalue weighted by Crippen LogP contribution is -2.46. The predicted molar refractivity (Wildman–Crippen MR) is 100 cm³/mol. The molecule has 134 valence electrons. The topological polar surface area (TPSA) is 58.6 Å². The number of hydrogen-bond acceptors (Lipinski definition) is 4. The number of nitrogens with zero attached hydrogens (tertiary/aromatic N) is 1. The van der Waals surface area contributed by atoms with Crippen LogP contribution in [0.25, 0.3) is 0 Å². The second-order valence-corrected chi connectivity index (χ2v) is 7.05. The Kier molecular flexibility index (Phi) is 6.58. The minimum absolute atomic E-state index is 0.145. The van der Waals surface area contributed by atoms with E-state index in [1.807, 2.05) is 37.4 Å². The number of carbonyl (C=O) groups excluding carboxylic acids is 2. The van der Waals surface area contributed by atoms with Crippen LogP contribution < -0.4 is 10.1 Å². The maximum Gasteiger partial charge on any atom is 0.261 e. The smallest absolute Gasteiger partial charge is 0.261 e. The van der Waals surface area contributed by atoms with Crippen LogP contribution >= 0.6 is 11.3 Å². The van der Waals surface area contributed by atoms with E-state index in [1.165, 1.54) is 11.3 Å². The molecule has 1 aromatic heterocycles. The van der Waals surface area contributed by atoms with E-state index in [1.54, 1.807) is 24.9 Å². The van der Waals surface area contributed by atoms with Gasteiger partial charge in [0.15, 0.2) is 0 Å². The van der Waals surface area contributed by atoms with Gasteiger partial charge in [-0.3, -0.25) is 9.59 Å². The molecular formula is C19H24N2O3S. The van der Waals surface area contributed by atoms with Gasteiger partial charge in [-0.25, -0.2) is 0 Å². The summed E-state index contributed by atoms with van der Waals surface area (Å²) in [5.74, 6) is 0.432. The number of aryl methyl sites for hydroxylation is 2. The molecule has 0 aliphatic carbocycles. The number of hydrogen-bond donors (Lipinski definition) is 1. The van der Waals surface area contributed by atoms with Crippen molar-refractivity contribution in [2.45, 2.75) is 26.8 Å². The van der Waals surface area contributed by atoms with Gasteiger partial charge in [-0.1, -0.05) is 12.1 Å². The van der Waals surface area contributed by atoms with Crippen LogP contribution in [0.2, 0.25) is 0 Å². The van der Waals surface area contributed by atoms with Crippen molar-refractivity contribution in [1.29, 1.82) is 0 Å². The monoisotopic (exact) mass is 360 g/mol. The number of amides is 2. The average Bonchev–Trinajstić information content (AvgIpc) is 3.07. The van der Waals surface area contributed by atoms with Crippen LogP contribution in [0.4, 0.5) is 0 Å². The van der Waals surface area contributed by atoms with Crippen molar-refractivity contribution in [1.82, 2.24) is 10.2 Å². The molecule has 2 rings (SSSR count). The van der Waals surface area contributed by atoms with Crippen LogP contribution in [0.5, 0.6) is 5.75 Å². The Morgan fingerprint density at radius 2 is 1.92 bits per heavy atom. The molecule has 0 saturated carbocycles. The fraction of sp³-hybridized carbons (Fsp3) is 0.368. The summed E-state index contributed by atoms with van der Waals surface area (Å²) < 4.78 is 5.73. The third kappa shape index (κ3) is 5.60. The second-order valence-electron chi connectivity index (χ2n) is 6.10. The van der Waals surface area contributed by atoms with E-state index in [9.17, 15) is 9.59 Å². The summed E-state index contributed by atoms with van der Waals surface area (Å²) in [6.45, 7) is 6.58. The van der Waals surface area contributed by atoms with E-state index in [0.717, 1.165) is 16.9 Å². The molecule has 2 aromatic rings. The molecule has 1 atom stereocenters. The SMILES string of the molecule is Cc1cc(C)cc(OCCN(C)C(=O)[C@@H](C)NC(=O)c2cccs2)c1. The van der Waals surface area contributed by atoms with Crippen LogP contribution in [0.3, 0.4) is 0 Å². The van der Waals surface area contributed by atoms with Crippen molar-refractivity contribution in [2.75, 3.05) is 20.2 Å². The van der Waals surface area contributed by atoms with Crippen molar-refractivity contribution in [3.63, 3.8) is 0 Å². The van der Waals surface area contributed by atoms with Gasteiger partial charge in [-0.15, -0.1) is 11.3 Å². The molecule has 0 fully saturated rings. The van der Waals surface area contributed by atoms with Crippen molar-refractivity contribution in [2.24, 2.45) is 0 Å². The van der Waals surface area contributed by atoms with E-state index in [4.69, 9.17) is 4.74 Å². The predicted octanol–water partition coefficient (Wildman–Crippen LogP) is 3.02. The Bertz CT molecular complexity index is 708.